The molecule has 78 valence electrons. The highest BCUT2D eigenvalue weighted by Crippen LogP contribution is 2.27. The third-order valence-corrected chi connectivity index (χ3v) is 2.47. The van der Waals surface area contributed by atoms with Gasteiger partial charge in [0.05, 0.1) is 10.5 Å². The van der Waals surface area contributed by atoms with Gasteiger partial charge in [-0.05, 0) is 18.6 Å². The minimum atomic E-state index is 0.0657. The largest absolute Gasteiger partial charge is 0.506 e. The maximum atomic E-state index is 9.40. The van der Waals surface area contributed by atoms with Crippen molar-refractivity contribution in [1.82, 2.24) is 9.97 Å². The molecule has 0 spiro atoms. The molecule has 0 aliphatic heterocycles. The molecule has 1 aromatic carbocycles. The van der Waals surface area contributed by atoms with E-state index < -0.39 is 0 Å². The molecule has 0 atom stereocenters. The van der Waals surface area contributed by atoms with Gasteiger partial charge < -0.3 is 5.11 Å². The normalized spacial score (nSPS) is 10.8. The van der Waals surface area contributed by atoms with E-state index in [1.54, 1.807) is 18.3 Å². The van der Waals surface area contributed by atoms with E-state index in [9.17, 15) is 5.11 Å². The second-order valence-corrected chi connectivity index (χ2v) is 3.81. The van der Waals surface area contributed by atoms with Crippen molar-refractivity contribution in [2.24, 2.45) is 0 Å². The van der Waals surface area contributed by atoms with Crippen LogP contribution in [0.1, 0.15) is 19.2 Å². The van der Waals surface area contributed by atoms with Gasteiger partial charge in [-0.15, -0.1) is 0 Å². The summed E-state index contributed by atoms with van der Waals surface area (Å²) in [4.78, 5) is 8.56. The van der Waals surface area contributed by atoms with Gasteiger partial charge in [0.1, 0.15) is 11.6 Å². The lowest BCUT2D eigenvalue weighted by Crippen LogP contribution is -1.94. The molecule has 15 heavy (non-hydrogen) atoms. The molecule has 0 saturated heterocycles. The Kier molecular flexibility index (Phi) is 2.73. The number of phenolic OH excluding ortho intramolecular Hbond substituents is 1. The molecule has 1 aromatic heterocycles. The molecule has 0 saturated carbocycles. The number of rotatable bonds is 2. The van der Waals surface area contributed by atoms with Crippen molar-refractivity contribution < 1.29 is 5.11 Å². The number of halogens is 1. The Hall–Kier alpha value is -1.35. The Balaban J connectivity index is 2.56. The molecule has 0 fully saturated rings. The van der Waals surface area contributed by atoms with Crippen LogP contribution in [-0.4, -0.2) is 15.1 Å². The van der Waals surface area contributed by atoms with E-state index in [2.05, 4.69) is 16.9 Å². The average Bonchev–Trinajstić information content (AvgIpc) is 2.21. The van der Waals surface area contributed by atoms with Crippen molar-refractivity contribution in [3.8, 4) is 5.75 Å². The van der Waals surface area contributed by atoms with Crippen LogP contribution in [0.4, 0.5) is 0 Å². The first-order chi connectivity index (χ1) is 7.20. The topological polar surface area (TPSA) is 46.0 Å². The van der Waals surface area contributed by atoms with Crippen LogP contribution in [0.5, 0.6) is 5.75 Å². The SMILES string of the molecule is CCCc1ncc2cc(O)c(Cl)cc2n1. The lowest BCUT2D eigenvalue weighted by atomic mass is 10.2. The van der Waals surface area contributed by atoms with E-state index in [1.807, 2.05) is 0 Å². The van der Waals surface area contributed by atoms with Gasteiger partial charge in [-0.1, -0.05) is 18.5 Å². The number of benzene rings is 1. The highest BCUT2D eigenvalue weighted by Gasteiger charge is 2.04. The van der Waals surface area contributed by atoms with Gasteiger partial charge in [-0.3, -0.25) is 0 Å². The van der Waals surface area contributed by atoms with Crippen molar-refractivity contribution in [3.05, 3.63) is 29.2 Å². The molecule has 1 heterocycles. The second kappa shape index (κ2) is 4.03. The first kappa shape index (κ1) is 10.2. The summed E-state index contributed by atoms with van der Waals surface area (Å²) in [5.41, 5.74) is 0.774. The first-order valence-electron chi connectivity index (χ1n) is 4.85. The Morgan fingerprint density at radius 3 is 2.93 bits per heavy atom. The zero-order valence-corrected chi connectivity index (χ0v) is 9.12. The highest BCUT2D eigenvalue weighted by atomic mass is 35.5. The van der Waals surface area contributed by atoms with Gasteiger partial charge in [-0.25, -0.2) is 9.97 Å². The number of aryl methyl sites for hydroxylation is 1. The lowest BCUT2D eigenvalue weighted by Gasteiger charge is -2.02. The van der Waals surface area contributed by atoms with Crippen LogP contribution in [0.15, 0.2) is 18.3 Å². The van der Waals surface area contributed by atoms with Gasteiger partial charge in [0.15, 0.2) is 0 Å². The molecular weight excluding hydrogens is 212 g/mol. The summed E-state index contributed by atoms with van der Waals surface area (Å²) >= 11 is 5.81. The number of aromatic hydroxyl groups is 1. The molecule has 0 radical (unpaired) electrons. The molecule has 4 heteroatoms. The Morgan fingerprint density at radius 2 is 2.20 bits per heavy atom. The molecular formula is C11H11ClN2O. The Bertz CT molecular complexity index is 499. The van der Waals surface area contributed by atoms with Crippen molar-refractivity contribution in [1.29, 1.82) is 0 Å². The van der Waals surface area contributed by atoms with Crippen molar-refractivity contribution in [2.45, 2.75) is 19.8 Å². The molecule has 1 N–H and O–H groups in total. The van der Waals surface area contributed by atoms with Crippen LogP contribution < -0.4 is 0 Å². The minimum Gasteiger partial charge on any atom is -0.506 e. The Morgan fingerprint density at radius 1 is 1.40 bits per heavy atom. The summed E-state index contributed by atoms with van der Waals surface area (Å²) in [7, 11) is 0. The molecule has 0 unspecified atom stereocenters. The zero-order valence-electron chi connectivity index (χ0n) is 8.37. The van der Waals surface area contributed by atoms with Crippen LogP contribution in [-0.2, 0) is 6.42 Å². The number of phenols is 1. The number of fused-ring (bicyclic) bond motifs is 1. The number of nitrogens with zero attached hydrogens (tertiary/aromatic N) is 2. The second-order valence-electron chi connectivity index (χ2n) is 3.40. The lowest BCUT2D eigenvalue weighted by molar-refractivity contribution is 0.476. The monoisotopic (exact) mass is 222 g/mol. The maximum absolute atomic E-state index is 9.40. The van der Waals surface area contributed by atoms with Crippen LogP contribution in [0, 0.1) is 0 Å². The minimum absolute atomic E-state index is 0.0657. The van der Waals surface area contributed by atoms with Gasteiger partial charge >= 0.3 is 0 Å². The molecule has 2 aromatic rings. The number of aromatic nitrogens is 2. The fourth-order valence-corrected chi connectivity index (χ4v) is 1.58. The van der Waals surface area contributed by atoms with Gasteiger partial charge in [0, 0.05) is 18.0 Å². The van der Waals surface area contributed by atoms with Crippen molar-refractivity contribution >= 4 is 22.5 Å². The van der Waals surface area contributed by atoms with E-state index in [-0.39, 0.29) is 5.75 Å². The highest BCUT2D eigenvalue weighted by molar-refractivity contribution is 6.32. The summed E-state index contributed by atoms with van der Waals surface area (Å²) in [6.45, 7) is 2.08. The van der Waals surface area contributed by atoms with E-state index >= 15 is 0 Å². The van der Waals surface area contributed by atoms with Gasteiger partial charge in [-0.2, -0.15) is 0 Å². The summed E-state index contributed by atoms with van der Waals surface area (Å²) in [5, 5.41) is 10.5. The van der Waals surface area contributed by atoms with E-state index in [4.69, 9.17) is 11.6 Å². The average molecular weight is 223 g/mol. The summed E-state index contributed by atoms with van der Waals surface area (Å²) in [6, 6.07) is 3.24. The molecule has 0 amide bonds. The van der Waals surface area contributed by atoms with Crippen LogP contribution >= 0.6 is 11.6 Å². The fourth-order valence-electron chi connectivity index (χ4n) is 1.42. The van der Waals surface area contributed by atoms with E-state index in [0.29, 0.717) is 5.02 Å². The van der Waals surface area contributed by atoms with Crippen LogP contribution in [0.2, 0.25) is 5.02 Å². The first-order valence-corrected chi connectivity index (χ1v) is 5.22. The van der Waals surface area contributed by atoms with E-state index in [1.165, 1.54) is 0 Å². The predicted octanol–water partition coefficient (Wildman–Crippen LogP) is 2.94. The fraction of sp³-hybridized carbons (Fsp3) is 0.273. The van der Waals surface area contributed by atoms with Crippen LogP contribution in [0.25, 0.3) is 10.9 Å². The van der Waals surface area contributed by atoms with Crippen molar-refractivity contribution in [2.75, 3.05) is 0 Å². The molecule has 2 rings (SSSR count). The summed E-state index contributed by atoms with van der Waals surface area (Å²) in [6.07, 6.45) is 3.58. The van der Waals surface area contributed by atoms with Crippen molar-refractivity contribution in [3.63, 3.8) is 0 Å². The smallest absolute Gasteiger partial charge is 0.134 e. The van der Waals surface area contributed by atoms with E-state index in [0.717, 1.165) is 29.6 Å². The molecule has 0 bridgehead atoms. The molecule has 3 nitrogen and oxygen atoms in total. The number of hydrogen-bond acceptors (Lipinski definition) is 3. The third kappa shape index (κ3) is 2.02. The summed E-state index contributed by atoms with van der Waals surface area (Å²) in [5.74, 6) is 0.878. The quantitative estimate of drug-likeness (QED) is 0.850. The molecule has 0 aliphatic rings. The van der Waals surface area contributed by atoms with Gasteiger partial charge in [0.2, 0.25) is 0 Å². The summed E-state index contributed by atoms with van der Waals surface area (Å²) < 4.78 is 0. The molecule has 0 aliphatic carbocycles. The third-order valence-electron chi connectivity index (χ3n) is 2.17. The number of hydrogen-bond donors (Lipinski definition) is 1. The van der Waals surface area contributed by atoms with Crippen LogP contribution in [0.3, 0.4) is 0 Å². The predicted molar refractivity (Wildman–Crippen MR) is 60.2 cm³/mol. The van der Waals surface area contributed by atoms with Gasteiger partial charge in [0.25, 0.3) is 0 Å². The standard InChI is InChI=1S/C11H11ClN2O/c1-2-3-11-13-6-7-4-10(15)8(12)5-9(7)14-11/h4-6,15H,2-3H2,1H3. The maximum Gasteiger partial charge on any atom is 0.134 e. The Labute approximate surface area is 92.7 Å². The zero-order chi connectivity index (χ0) is 10.8.